The number of sulfonamides is 1. The van der Waals surface area contributed by atoms with Crippen molar-refractivity contribution in [2.75, 3.05) is 4.72 Å². The molecular formula is C15H19N5O3S. The quantitative estimate of drug-likeness (QED) is 0.757. The molecule has 0 atom stereocenters. The van der Waals surface area contributed by atoms with Crippen LogP contribution in [0.15, 0.2) is 29.2 Å². The van der Waals surface area contributed by atoms with Crippen LogP contribution in [-0.4, -0.2) is 29.5 Å². The molecule has 128 valence electrons. The van der Waals surface area contributed by atoms with Crippen molar-refractivity contribution in [1.29, 1.82) is 0 Å². The summed E-state index contributed by atoms with van der Waals surface area (Å²) in [6.07, 6.45) is 6.02. The van der Waals surface area contributed by atoms with E-state index in [9.17, 15) is 13.2 Å². The Labute approximate surface area is 139 Å². The molecule has 24 heavy (non-hydrogen) atoms. The number of aromatic nitrogens is 3. The van der Waals surface area contributed by atoms with E-state index in [0.29, 0.717) is 5.92 Å². The van der Waals surface area contributed by atoms with Gasteiger partial charge in [0.15, 0.2) is 0 Å². The van der Waals surface area contributed by atoms with Gasteiger partial charge in [-0.3, -0.25) is 9.89 Å². The number of H-pyrrole nitrogens is 1. The van der Waals surface area contributed by atoms with Crippen LogP contribution in [-0.2, 0) is 10.0 Å². The van der Waals surface area contributed by atoms with E-state index < -0.39 is 15.9 Å². The van der Waals surface area contributed by atoms with Crippen molar-refractivity contribution in [2.45, 2.75) is 42.9 Å². The van der Waals surface area contributed by atoms with Gasteiger partial charge in [-0.05, 0) is 36.5 Å². The maximum Gasteiger partial charge on any atom is 0.286 e. The zero-order valence-corrected chi connectivity index (χ0v) is 13.8. The van der Waals surface area contributed by atoms with E-state index >= 15 is 0 Å². The summed E-state index contributed by atoms with van der Waals surface area (Å²) < 4.78 is 26.9. The van der Waals surface area contributed by atoms with Crippen molar-refractivity contribution in [3.05, 3.63) is 35.7 Å². The maximum absolute atomic E-state index is 12.3. The predicted octanol–water partition coefficient (Wildman–Crippen LogP) is 1.75. The number of nitrogens with zero attached hydrogens (tertiary/aromatic N) is 2. The van der Waals surface area contributed by atoms with Gasteiger partial charge in [0, 0.05) is 0 Å². The second-order valence-electron chi connectivity index (χ2n) is 5.88. The zero-order valence-electron chi connectivity index (χ0n) is 13.0. The first-order chi connectivity index (χ1) is 11.5. The topological polar surface area (TPSA) is 131 Å². The number of nitrogens with one attached hydrogen (secondary N) is 2. The van der Waals surface area contributed by atoms with Crippen molar-refractivity contribution < 1.29 is 13.2 Å². The molecule has 2 aromatic rings. The molecule has 1 aliphatic carbocycles. The number of carbonyl (C=O) groups excluding carboxylic acids is 1. The Balaban J connectivity index is 1.75. The van der Waals surface area contributed by atoms with Crippen LogP contribution in [0.25, 0.3) is 0 Å². The summed E-state index contributed by atoms with van der Waals surface area (Å²) in [6.45, 7) is 0. The van der Waals surface area contributed by atoms with Crippen LogP contribution in [0.5, 0.6) is 0 Å². The Bertz CT molecular complexity index is 823. The molecule has 1 aromatic carbocycles. The molecule has 1 aromatic heterocycles. The van der Waals surface area contributed by atoms with E-state index in [1.54, 1.807) is 12.1 Å². The van der Waals surface area contributed by atoms with Crippen molar-refractivity contribution in [3.8, 4) is 0 Å². The van der Waals surface area contributed by atoms with Gasteiger partial charge in [-0.25, -0.2) is 13.1 Å². The van der Waals surface area contributed by atoms with E-state index in [0.717, 1.165) is 12.8 Å². The molecular weight excluding hydrogens is 330 g/mol. The third-order valence-electron chi connectivity index (χ3n) is 4.21. The SMILES string of the molecule is NC(=O)c1nc(NS(=O)(=O)c2ccc(C3CCCCC3)cc2)n[nH]1. The summed E-state index contributed by atoms with van der Waals surface area (Å²) in [5, 5.41) is 5.88. The summed E-state index contributed by atoms with van der Waals surface area (Å²) in [4.78, 5) is 14.7. The molecule has 0 radical (unpaired) electrons. The Morgan fingerprint density at radius 1 is 1.17 bits per heavy atom. The average molecular weight is 349 g/mol. The van der Waals surface area contributed by atoms with Gasteiger partial charge in [-0.1, -0.05) is 31.4 Å². The van der Waals surface area contributed by atoms with Gasteiger partial charge in [0.25, 0.3) is 21.9 Å². The largest absolute Gasteiger partial charge is 0.363 e. The first-order valence-corrected chi connectivity index (χ1v) is 9.29. The van der Waals surface area contributed by atoms with Crippen LogP contribution in [0.3, 0.4) is 0 Å². The highest BCUT2D eigenvalue weighted by Gasteiger charge is 2.20. The van der Waals surface area contributed by atoms with Crippen LogP contribution in [0, 0.1) is 0 Å². The van der Waals surface area contributed by atoms with Crippen molar-refractivity contribution >= 4 is 21.9 Å². The number of hydrogen-bond donors (Lipinski definition) is 3. The summed E-state index contributed by atoms with van der Waals surface area (Å²) in [7, 11) is -3.82. The fourth-order valence-corrected chi connectivity index (χ4v) is 3.90. The van der Waals surface area contributed by atoms with Gasteiger partial charge < -0.3 is 5.73 Å². The Hall–Kier alpha value is -2.42. The maximum atomic E-state index is 12.3. The number of nitrogens with two attached hydrogens (primary N) is 1. The highest BCUT2D eigenvalue weighted by molar-refractivity contribution is 7.92. The van der Waals surface area contributed by atoms with Gasteiger partial charge in [0.2, 0.25) is 5.82 Å². The third-order valence-corrected chi connectivity index (χ3v) is 5.56. The second-order valence-corrected chi connectivity index (χ2v) is 7.56. The molecule has 1 fully saturated rings. The van der Waals surface area contributed by atoms with Crippen LogP contribution in [0.1, 0.15) is 54.2 Å². The van der Waals surface area contributed by atoms with Crippen LogP contribution in [0.2, 0.25) is 0 Å². The number of anilines is 1. The number of hydrogen-bond acceptors (Lipinski definition) is 5. The summed E-state index contributed by atoms with van der Waals surface area (Å²) in [5.74, 6) is -0.736. The highest BCUT2D eigenvalue weighted by atomic mass is 32.2. The minimum Gasteiger partial charge on any atom is -0.363 e. The average Bonchev–Trinajstić information content (AvgIpc) is 3.04. The van der Waals surface area contributed by atoms with Crippen LogP contribution in [0.4, 0.5) is 5.95 Å². The van der Waals surface area contributed by atoms with Gasteiger partial charge >= 0.3 is 0 Å². The van der Waals surface area contributed by atoms with E-state index in [2.05, 4.69) is 19.9 Å². The fraction of sp³-hybridized carbons (Fsp3) is 0.400. The molecule has 0 bridgehead atoms. The van der Waals surface area contributed by atoms with E-state index in [1.165, 1.54) is 24.8 Å². The third kappa shape index (κ3) is 3.56. The molecule has 0 spiro atoms. The smallest absolute Gasteiger partial charge is 0.286 e. The fourth-order valence-electron chi connectivity index (χ4n) is 2.95. The molecule has 4 N–H and O–H groups in total. The standard InChI is InChI=1S/C15H19N5O3S/c16-13(21)14-17-15(19-18-14)20-24(22,23)12-8-6-11(7-9-12)10-4-2-1-3-5-10/h6-10H,1-5H2,(H2,16,21)(H2,17,18,19,20). The van der Waals surface area contributed by atoms with Gasteiger partial charge in [-0.2, -0.15) is 4.98 Å². The number of amides is 1. The summed E-state index contributed by atoms with van der Waals surface area (Å²) >= 11 is 0. The number of benzene rings is 1. The van der Waals surface area contributed by atoms with Crippen LogP contribution >= 0.6 is 0 Å². The molecule has 9 heteroatoms. The lowest BCUT2D eigenvalue weighted by Crippen LogP contribution is -2.15. The van der Waals surface area contributed by atoms with Crippen molar-refractivity contribution in [1.82, 2.24) is 15.2 Å². The molecule has 1 heterocycles. The minimum atomic E-state index is -3.82. The van der Waals surface area contributed by atoms with Crippen LogP contribution < -0.4 is 10.5 Å². The normalized spacial score (nSPS) is 16.0. The second kappa shape index (κ2) is 6.60. The van der Waals surface area contributed by atoms with Gasteiger partial charge in [0.05, 0.1) is 4.90 Å². The molecule has 0 unspecified atom stereocenters. The molecule has 1 aliphatic rings. The highest BCUT2D eigenvalue weighted by Crippen LogP contribution is 2.32. The van der Waals surface area contributed by atoms with E-state index in [1.807, 2.05) is 12.1 Å². The molecule has 1 saturated carbocycles. The molecule has 3 rings (SSSR count). The summed E-state index contributed by atoms with van der Waals surface area (Å²) in [6, 6.07) is 6.87. The lowest BCUT2D eigenvalue weighted by molar-refractivity contribution is 0.0991. The Morgan fingerprint density at radius 2 is 1.83 bits per heavy atom. The number of aromatic amines is 1. The minimum absolute atomic E-state index is 0.118. The first kappa shape index (κ1) is 16.4. The van der Waals surface area contributed by atoms with E-state index in [-0.39, 0.29) is 16.7 Å². The summed E-state index contributed by atoms with van der Waals surface area (Å²) in [5.41, 5.74) is 6.21. The van der Waals surface area contributed by atoms with Gasteiger partial charge in [-0.15, -0.1) is 5.10 Å². The predicted molar refractivity (Wildman–Crippen MR) is 88.0 cm³/mol. The Kier molecular flexibility index (Phi) is 4.52. The monoisotopic (exact) mass is 349 g/mol. The molecule has 0 aliphatic heterocycles. The number of primary amides is 1. The van der Waals surface area contributed by atoms with Crippen molar-refractivity contribution in [3.63, 3.8) is 0 Å². The molecule has 0 saturated heterocycles. The lowest BCUT2D eigenvalue weighted by Gasteiger charge is -2.22. The van der Waals surface area contributed by atoms with E-state index in [4.69, 9.17) is 5.73 Å². The number of carbonyl (C=O) groups is 1. The molecule has 8 nitrogen and oxygen atoms in total. The number of rotatable bonds is 5. The zero-order chi connectivity index (χ0) is 17.2. The lowest BCUT2D eigenvalue weighted by atomic mass is 9.84. The Morgan fingerprint density at radius 3 is 2.42 bits per heavy atom. The van der Waals surface area contributed by atoms with Crippen molar-refractivity contribution in [2.24, 2.45) is 5.73 Å². The van der Waals surface area contributed by atoms with Gasteiger partial charge in [0.1, 0.15) is 0 Å². The first-order valence-electron chi connectivity index (χ1n) is 7.81. The molecule has 1 amide bonds.